The summed E-state index contributed by atoms with van der Waals surface area (Å²) in [6.45, 7) is -0.124. The fourth-order valence-electron chi connectivity index (χ4n) is 2.37. The Balaban J connectivity index is 2.24. The van der Waals surface area contributed by atoms with Crippen LogP contribution in [0.1, 0.15) is 12.6 Å². The van der Waals surface area contributed by atoms with Gasteiger partial charge in [0.2, 0.25) is 12.5 Å². The number of hydrogen-bond donors (Lipinski definition) is 5. The summed E-state index contributed by atoms with van der Waals surface area (Å²) in [5, 5.41) is 17.9. The molecule has 2 atom stereocenters. The van der Waals surface area contributed by atoms with Crippen molar-refractivity contribution in [1.82, 2.24) is 19.9 Å². The highest BCUT2D eigenvalue weighted by Gasteiger charge is 2.54. The minimum atomic E-state index is -4.94. The Bertz CT molecular complexity index is 1000. The number of oxime groups is 1. The van der Waals surface area contributed by atoms with Crippen molar-refractivity contribution in [3.8, 4) is 0 Å². The minimum absolute atomic E-state index is 0.0598. The SMILES string of the molecule is CC(=O)NCC1C(NC(=O)C(=NOCC(=O)O)c2csc(N)n2)C(=O)N1S(=O)(=O)O. The first-order chi connectivity index (χ1) is 13.9. The predicted molar refractivity (Wildman–Crippen MR) is 99.4 cm³/mol. The molecule has 1 saturated heterocycles. The van der Waals surface area contributed by atoms with Crippen LogP contribution in [-0.2, 0) is 34.3 Å². The molecule has 0 saturated carbocycles. The van der Waals surface area contributed by atoms with Crippen LogP contribution in [0.4, 0.5) is 5.13 Å². The average molecular weight is 464 g/mol. The lowest BCUT2D eigenvalue weighted by Gasteiger charge is -2.44. The third-order valence-electron chi connectivity index (χ3n) is 3.59. The summed E-state index contributed by atoms with van der Waals surface area (Å²) in [6.07, 6.45) is 0. The van der Waals surface area contributed by atoms with E-state index in [1.165, 1.54) is 5.38 Å². The number of carboxylic acid groups (broad SMARTS) is 1. The Morgan fingerprint density at radius 1 is 1.43 bits per heavy atom. The van der Waals surface area contributed by atoms with E-state index in [1.54, 1.807) is 0 Å². The van der Waals surface area contributed by atoms with E-state index in [9.17, 15) is 32.1 Å². The Hall–Kier alpha value is -3.31. The van der Waals surface area contributed by atoms with Gasteiger partial charge in [0.05, 0.1) is 6.04 Å². The fourth-order valence-corrected chi connectivity index (χ4v) is 3.80. The number of β-lactam (4-membered cyclic amide) rings is 1. The number of aromatic nitrogens is 1. The number of hydrogen-bond acceptors (Lipinski definition) is 11. The number of thiazole rings is 1. The van der Waals surface area contributed by atoms with Gasteiger partial charge < -0.3 is 26.3 Å². The number of nitrogens with one attached hydrogen (secondary N) is 2. The molecule has 1 aliphatic rings. The van der Waals surface area contributed by atoms with Gasteiger partial charge in [-0.1, -0.05) is 5.16 Å². The maximum Gasteiger partial charge on any atom is 0.362 e. The molecule has 6 N–H and O–H groups in total. The molecule has 1 aromatic rings. The van der Waals surface area contributed by atoms with Crippen molar-refractivity contribution in [3.05, 3.63) is 11.1 Å². The van der Waals surface area contributed by atoms with Crippen molar-refractivity contribution in [1.29, 1.82) is 0 Å². The van der Waals surface area contributed by atoms with Gasteiger partial charge in [-0.05, 0) is 0 Å². The lowest BCUT2D eigenvalue weighted by atomic mass is 9.98. The zero-order chi connectivity index (χ0) is 22.6. The second-order valence-electron chi connectivity index (χ2n) is 5.75. The number of aliphatic carboxylic acids is 1. The molecule has 164 valence electrons. The van der Waals surface area contributed by atoms with E-state index in [0.717, 1.165) is 18.3 Å². The first kappa shape index (κ1) is 23.0. The van der Waals surface area contributed by atoms with Gasteiger partial charge in [-0.25, -0.2) is 14.1 Å². The molecule has 3 amide bonds. The molecule has 2 heterocycles. The van der Waals surface area contributed by atoms with Crippen molar-refractivity contribution in [2.24, 2.45) is 5.16 Å². The molecule has 17 heteroatoms. The van der Waals surface area contributed by atoms with Crippen molar-refractivity contribution < 1.29 is 42.1 Å². The van der Waals surface area contributed by atoms with Crippen LogP contribution >= 0.6 is 11.3 Å². The van der Waals surface area contributed by atoms with Gasteiger partial charge in [0.25, 0.3) is 11.8 Å². The van der Waals surface area contributed by atoms with Crippen LogP contribution in [0.5, 0.6) is 0 Å². The van der Waals surface area contributed by atoms with E-state index < -0.39 is 64.9 Å². The molecule has 0 aliphatic carbocycles. The lowest BCUT2D eigenvalue weighted by Crippen LogP contribution is -2.74. The minimum Gasteiger partial charge on any atom is -0.479 e. The zero-order valence-corrected chi connectivity index (χ0v) is 16.8. The first-order valence-corrected chi connectivity index (χ1v) is 10.2. The van der Waals surface area contributed by atoms with E-state index in [4.69, 9.17) is 10.8 Å². The molecule has 0 bridgehead atoms. The molecule has 0 spiro atoms. The van der Waals surface area contributed by atoms with Gasteiger partial charge in [-0.2, -0.15) is 8.42 Å². The van der Waals surface area contributed by atoms with E-state index in [1.807, 2.05) is 0 Å². The van der Waals surface area contributed by atoms with Crippen LogP contribution < -0.4 is 16.4 Å². The highest BCUT2D eigenvalue weighted by atomic mass is 32.2. The standard InChI is InChI=1S/C13H16N6O9S2/c1-5(20)15-2-7-10(12(24)19(7)30(25,26)27)17-11(23)9(18-28-3-8(21)22)6-4-29-13(14)16-6/h4,7,10H,2-3H2,1H3,(H2,14,16)(H,15,20)(H,17,23)(H,21,22)(H,25,26,27). The van der Waals surface area contributed by atoms with Gasteiger partial charge >= 0.3 is 16.3 Å². The summed E-state index contributed by atoms with van der Waals surface area (Å²) in [6, 6.07) is -2.77. The zero-order valence-electron chi connectivity index (χ0n) is 15.1. The number of carbonyl (C=O) groups is 4. The molecular formula is C13H16N6O9S2. The maximum absolute atomic E-state index is 12.6. The quantitative estimate of drug-likeness (QED) is 0.108. The topological polar surface area (TPSA) is 231 Å². The van der Waals surface area contributed by atoms with Crippen molar-refractivity contribution >= 4 is 56.2 Å². The van der Waals surface area contributed by atoms with Crippen LogP contribution in [0.2, 0.25) is 0 Å². The third kappa shape index (κ3) is 5.39. The number of rotatable bonds is 9. The van der Waals surface area contributed by atoms with Gasteiger partial charge in [0, 0.05) is 18.8 Å². The molecular weight excluding hydrogens is 448 g/mol. The largest absolute Gasteiger partial charge is 0.479 e. The summed E-state index contributed by atoms with van der Waals surface area (Å²) in [4.78, 5) is 54.8. The van der Waals surface area contributed by atoms with E-state index in [2.05, 4.69) is 25.6 Å². The highest BCUT2D eigenvalue weighted by Crippen LogP contribution is 2.23. The Kier molecular flexibility index (Phi) is 6.90. The summed E-state index contributed by atoms with van der Waals surface area (Å²) >= 11 is 0.944. The van der Waals surface area contributed by atoms with Crippen LogP contribution in [0.15, 0.2) is 10.5 Å². The maximum atomic E-state index is 12.6. The number of nitrogens with two attached hydrogens (primary N) is 1. The molecule has 0 radical (unpaired) electrons. The highest BCUT2D eigenvalue weighted by molar-refractivity contribution is 7.84. The van der Waals surface area contributed by atoms with Crippen LogP contribution in [0, 0.1) is 0 Å². The summed E-state index contributed by atoms with van der Waals surface area (Å²) in [5.74, 6) is -4.14. The number of nitrogen functional groups attached to an aromatic ring is 1. The molecule has 1 fully saturated rings. The molecule has 0 aromatic carbocycles. The van der Waals surface area contributed by atoms with Crippen molar-refractivity contribution in [2.45, 2.75) is 19.0 Å². The number of nitrogens with zero attached hydrogens (tertiary/aromatic N) is 3. The number of amides is 3. The fraction of sp³-hybridized carbons (Fsp3) is 0.385. The molecule has 2 rings (SSSR count). The Morgan fingerprint density at radius 3 is 2.60 bits per heavy atom. The summed E-state index contributed by atoms with van der Waals surface area (Å²) < 4.78 is 32.1. The van der Waals surface area contributed by atoms with Crippen LogP contribution in [0.3, 0.4) is 0 Å². The molecule has 30 heavy (non-hydrogen) atoms. The second-order valence-corrected chi connectivity index (χ2v) is 7.92. The normalized spacial score (nSPS) is 19.1. The third-order valence-corrected chi connectivity index (χ3v) is 5.21. The van der Waals surface area contributed by atoms with Crippen molar-refractivity contribution in [3.63, 3.8) is 0 Å². The first-order valence-electron chi connectivity index (χ1n) is 7.91. The number of carbonyl (C=O) groups excluding carboxylic acids is 3. The molecule has 15 nitrogen and oxygen atoms in total. The van der Waals surface area contributed by atoms with E-state index >= 15 is 0 Å². The summed E-state index contributed by atoms with van der Waals surface area (Å²) in [7, 11) is -4.94. The molecule has 1 aliphatic heterocycles. The second kappa shape index (κ2) is 9.01. The van der Waals surface area contributed by atoms with Crippen molar-refractivity contribution in [2.75, 3.05) is 18.9 Å². The molecule has 1 aromatic heterocycles. The predicted octanol–water partition coefficient (Wildman–Crippen LogP) is -2.83. The lowest BCUT2D eigenvalue weighted by molar-refractivity contribution is -0.145. The van der Waals surface area contributed by atoms with Gasteiger partial charge in [-0.3, -0.25) is 18.9 Å². The monoisotopic (exact) mass is 464 g/mol. The van der Waals surface area contributed by atoms with Crippen LogP contribution in [0.25, 0.3) is 0 Å². The average Bonchev–Trinajstić information content (AvgIpc) is 3.04. The number of carboxylic acids is 1. The van der Waals surface area contributed by atoms with E-state index in [-0.39, 0.29) is 15.1 Å². The van der Waals surface area contributed by atoms with Gasteiger partial charge in [-0.15, -0.1) is 11.3 Å². The van der Waals surface area contributed by atoms with Gasteiger partial charge in [0.15, 0.2) is 10.8 Å². The summed E-state index contributed by atoms with van der Waals surface area (Å²) in [5.41, 5.74) is 4.89. The van der Waals surface area contributed by atoms with Crippen LogP contribution in [-0.4, -0.2) is 82.0 Å². The number of anilines is 1. The van der Waals surface area contributed by atoms with Gasteiger partial charge in [0.1, 0.15) is 11.7 Å². The smallest absolute Gasteiger partial charge is 0.362 e. The molecule has 2 unspecified atom stereocenters. The Morgan fingerprint density at radius 2 is 2.10 bits per heavy atom. The Labute approximate surface area is 172 Å². The van der Waals surface area contributed by atoms with E-state index in [0.29, 0.717) is 0 Å².